The quantitative estimate of drug-likeness (QED) is 0.0652. The highest BCUT2D eigenvalue weighted by molar-refractivity contribution is 7.96. The van der Waals surface area contributed by atoms with Crippen LogP contribution in [0.2, 0.25) is 10.0 Å². The van der Waals surface area contributed by atoms with Crippen molar-refractivity contribution in [2.45, 2.75) is 57.4 Å². The van der Waals surface area contributed by atoms with Crippen molar-refractivity contribution in [1.82, 2.24) is 16.0 Å². The molecule has 0 unspecified atom stereocenters. The number of halogens is 2. The lowest BCUT2D eigenvalue weighted by Crippen LogP contribution is -2.31. The molecule has 0 spiro atoms. The lowest BCUT2D eigenvalue weighted by atomic mass is 9.91. The van der Waals surface area contributed by atoms with Crippen molar-refractivity contribution >= 4 is 64.4 Å². The van der Waals surface area contributed by atoms with Gasteiger partial charge < -0.3 is 36.0 Å². The molecule has 1 aliphatic carbocycles. The molecule has 1 saturated carbocycles. The van der Waals surface area contributed by atoms with Crippen LogP contribution in [0.25, 0.3) is 0 Å². The van der Waals surface area contributed by atoms with Crippen LogP contribution in [-0.2, 0) is 22.6 Å². The van der Waals surface area contributed by atoms with Crippen LogP contribution in [0.5, 0.6) is 0 Å². The highest BCUT2D eigenvalue weighted by Crippen LogP contribution is 2.35. The van der Waals surface area contributed by atoms with Crippen LogP contribution in [0.4, 0.5) is 4.79 Å². The Kier molecular flexibility index (Phi) is 18.4. The molecule has 13 heteroatoms. The maximum Gasteiger partial charge on any atom is 0.276 e. The third-order valence-corrected chi connectivity index (χ3v) is 7.76. The predicted molar refractivity (Wildman–Crippen MR) is 181 cm³/mol. The summed E-state index contributed by atoms with van der Waals surface area (Å²) in [6, 6.07) is 14.7. The maximum atomic E-state index is 11.5. The number of hydrogen-bond acceptors (Lipinski definition) is 7. The van der Waals surface area contributed by atoms with E-state index in [9.17, 15) is 19.8 Å². The highest BCUT2D eigenvalue weighted by Gasteiger charge is 2.41. The molecule has 2 aromatic carbocycles. The van der Waals surface area contributed by atoms with Gasteiger partial charge in [0.2, 0.25) is 5.91 Å². The number of rotatable bonds is 14. The largest absolute Gasteiger partial charge is 0.471 e. The van der Waals surface area contributed by atoms with E-state index in [1.807, 2.05) is 42.5 Å². The molecular weight excluding hydrogens is 645 g/mol. The smallest absolute Gasteiger partial charge is 0.276 e. The van der Waals surface area contributed by atoms with Gasteiger partial charge in [0, 0.05) is 42.0 Å². The molecule has 242 valence electrons. The van der Waals surface area contributed by atoms with Gasteiger partial charge >= 0.3 is 0 Å². The number of amides is 2. The van der Waals surface area contributed by atoms with Crippen molar-refractivity contribution in [3.05, 3.63) is 81.9 Å². The number of allylic oxidation sites excluding steroid dienone is 2. The first kappa shape index (κ1) is 37.8. The molecule has 0 saturated heterocycles. The van der Waals surface area contributed by atoms with Crippen LogP contribution in [0, 0.1) is 11.8 Å². The van der Waals surface area contributed by atoms with E-state index >= 15 is 0 Å². The minimum absolute atomic E-state index is 0.0607. The fourth-order valence-corrected chi connectivity index (χ4v) is 5.28. The molecule has 1 fully saturated rings. The number of ether oxygens (including phenoxy) is 1. The van der Waals surface area contributed by atoms with E-state index in [-0.39, 0.29) is 47.9 Å². The van der Waals surface area contributed by atoms with E-state index < -0.39 is 12.2 Å². The zero-order chi connectivity index (χ0) is 32.3. The van der Waals surface area contributed by atoms with Gasteiger partial charge in [-0.05, 0) is 79.2 Å². The number of aliphatic hydroxyl groups excluding tert-OH is 3. The van der Waals surface area contributed by atoms with E-state index in [0.717, 1.165) is 17.5 Å². The monoisotopic (exact) mass is 685 g/mol. The van der Waals surface area contributed by atoms with Crippen molar-refractivity contribution in [3.8, 4) is 0 Å². The first-order valence-corrected chi connectivity index (χ1v) is 15.9. The molecule has 0 aliphatic heterocycles. The summed E-state index contributed by atoms with van der Waals surface area (Å²) in [4.78, 5) is 21.9. The number of carbonyl (C=O) groups is 2. The van der Waals surface area contributed by atoms with Gasteiger partial charge in [-0.3, -0.25) is 9.59 Å². The van der Waals surface area contributed by atoms with Crippen LogP contribution < -0.4 is 16.0 Å². The molecule has 3 rings (SSSR count). The molecule has 0 radical (unpaired) electrons. The van der Waals surface area contributed by atoms with E-state index in [1.54, 1.807) is 18.2 Å². The van der Waals surface area contributed by atoms with Crippen LogP contribution in [0.1, 0.15) is 43.2 Å². The zero-order valence-electron chi connectivity index (χ0n) is 24.3. The molecular formula is C31H41Cl2N3O6S2. The number of thiocarbonyl (C=S) groups is 1. The van der Waals surface area contributed by atoms with Crippen molar-refractivity contribution in [2.75, 3.05) is 19.8 Å². The predicted octanol–water partition coefficient (Wildman–Crippen LogP) is 4.79. The molecule has 0 heterocycles. The maximum absolute atomic E-state index is 11.5. The summed E-state index contributed by atoms with van der Waals surface area (Å²) in [6.07, 6.45) is 5.54. The van der Waals surface area contributed by atoms with Crippen LogP contribution in [0.15, 0.2) is 60.7 Å². The van der Waals surface area contributed by atoms with E-state index in [1.165, 1.54) is 0 Å². The minimum atomic E-state index is -0.644. The summed E-state index contributed by atoms with van der Waals surface area (Å²) in [6.45, 7) is 1.39. The minimum Gasteiger partial charge on any atom is -0.471 e. The van der Waals surface area contributed by atoms with E-state index in [0.29, 0.717) is 48.8 Å². The summed E-state index contributed by atoms with van der Waals surface area (Å²) >= 11 is 20.5. The molecule has 2 amide bonds. The second-order valence-electron chi connectivity index (χ2n) is 10.2. The van der Waals surface area contributed by atoms with Crippen molar-refractivity contribution < 1.29 is 29.6 Å². The Morgan fingerprint density at radius 1 is 0.955 bits per heavy atom. The lowest BCUT2D eigenvalue weighted by Gasteiger charge is -2.23. The molecule has 44 heavy (non-hydrogen) atoms. The number of aliphatic hydroxyl groups is 3. The van der Waals surface area contributed by atoms with Gasteiger partial charge in [0.15, 0.2) is 0 Å². The first-order valence-electron chi connectivity index (χ1n) is 14.3. The normalized spacial score (nSPS) is 19.1. The van der Waals surface area contributed by atoms with E-state index in [2.05, 4.69) is 28.6 Å². The average molecular weight is 687 g/mol. The Morgan fingerprint density at radius 2 is 1.57 bits per heavy atom. The summed E-state index contributed by atoms with van der Waals surface area (Å²) in [5.41, 5.74) is 1.94. The number of nitrogens with one attached hydrogen (secondary N) is 3. The highest BCUT2D eigenvalue weighted by atomic mass is 35.5. The molecule has 2 aromatic rings. The molecule has 4 atom stereocenters. The topological polar surface area (TPSA) is 140 Å². The molecule has 6 N–H and O–H groups in total. The summed E-state index contributed by atoms with van der Waals surface area (Å²) in [5, 5.41) is 38.8. The van der Waals surface area contributed by atoms with E-state index in [4.69, 9.17) is 45.3 Å². The van der Waals surface area contributed by atoms with Gasteiger partial charge in [0.25, 0.3) is 10.4 Å². The summed E-state index contributed by atoms with van der Waals surface area (Å²) in [5.74, 6) is -0.409. The Balaban J connectivity index is 0.000000469. The number of thiol groups is 1. The number of benzene rings is 2. The van der Waals surface area contributed by atoms with Crippen molar-refractivity contribution in [2.24, 2.45) is 11.8 Å². The third-order valence-electron chi connectivity index (χ3n) is 6.87. The Morgan fingerprint density at radius 3 is 2.16 bits per heavy atom. The van der Waals surface area contributed by atoms with Crippen LogP contribution in [0.3, 0.4) is 0 Å². The fraction of sp³-hybridized carbons (Fsp3) is 0.452. The second-order valence-corrected chi connectivity index (χ2v) is 11.9. The number of hydrogen-bond donors (Lipinski definition) is 7. The lowest BCUT2D eigenvalue weighted by molar-refractivity contribution is -0.121. The number of unbranched alkanes of at least 4 members (excludes halogenated alkanes) is 1. The second kappa shape index (κ2) is 21.4. The van der Waals surface area contributed by atoms with Gasteiger partial charge in [-0.1, -0.05) is 72.2 Å². The SMILES string of the molecule is O=C(CCCC=CC[C@@H]1[C@@H](COC(=S)NCc2cccc(Cl)c2)[C@H](O)C[C@@H]1O)NCCO.O=C(S)NCc1cccc(Cl)c1. The Bertz CT molecular complexity index is 1220. The molecule has 0 bridgehead atoms. The van der Waals surface area contributed by atoms with Crippen LogP contribution >= 0.6 is 48.0 Å². The van der Waals surface area contributed by atoms with Gasteiger partial charge in [0.05, 0.1) is 25.4 Å². The summed E-state index contributed by atoms with van der Waals surface area (Å²) < 4.78 is 5.66. The first-order chi connectivity index (χ1) is 21.1. The van der Waals surface area contributed by atoms with Gasteiger partial charge in [0.1, 0.15) is 0 Å². The van der Waals surface area contributed by atoms with Crippen molar-refractivity contribution in [3.63, 3.8) is 0 Å². The summed E-state index contributed by atoms with van der Waals surface area (Å²) in [7, 11) is 0. The molecule has 1 aliphatic rings. The van der Waals surface area contributed by atoms with Gasteiger partial charge in [-0.15, -0.1) is 0 Å². The third kappa shape index (κ3) is 15.6. The molecule has 9 nitrogen and oxygen atoms in total. The van der Waals surface area contributed by atoms with Gasteiger partial charge in [-0.2, -0.15) is 0 Å². The average Bonchev–Trinajstić information content (AvgIpc) is 3.26. The van der Waals surface area contributed by atoms with Crippen molar-refractivity contribution in [1.29, 1.82) is 0 Å². The zero-order valence-corrected chi connectivity index (χ0v) is 27.6. The fourth-order valence-electron chi connectivity index (χ4n) is 4.64. The molecule has 0 aromatic heterocycles. The standard InChI is InChI=1S/C23H33ClN2O5S.C8H8ClNOS/c24-17-7-5-6-16(12-17)14-26-23(32)31-15-19-18(20(28)13-21(19)29)8-3-1-2-4-9-22(30)25-10-11-27;9-7-3-1-2-6(4-7)5-10-8(11)12/h1,3,5-7,12,18-21,27-29H,2,4,8-11,13-15H2,(H,25,30)(H,26,32);1-4H,5H2,(H2,10,11,12)/t18-,19-,20+,21-;/m1./s1. The Hall–Kier alpha value is -2.38. The van der Waals surface area contributed by atoms with Gasteiger partial charge in [-0.25, -0.2) is 0 Å². The number of carbonyl (C=O) groups excluding carboxylic acids is 2. The van der Waals surface area contributed by atoms with Crippen LogP contribution in [-0.4, -0.2) is 63.6 Å². The Labute approximate surface area is 279 Å².